The minimum absolute atomic E-state index is 0.0605. The monoisotopic (exact) mass is 340 g/mol. The van der Waals surface area contributed by atoms with Crippen LogP contribution in [0.2, 0.25) is 0 Å². The summed E-state index contributed by atoms with van der Waals surface area (Å²) in [6, 6.07) is 16.6. The van der Waals surface area contributed by atoms with Crippen LogP contribution in [0, 0.1) is 6.92 Å². The van der Waals surface area contributed by atoms with E-state index in [4.69, 9.17) is 17.0 Å². The molecule has 2 aromatic rings. The normalized spacial score (nSPS) is 15.8. The SMILES string of the molecule is COc1cccc(NC(=S)NC2(c3cccc(C)c3)CCCC2)c1. The summed E-state index contributed by atoms with van der Waals surface area (Å²) in [7, 11) is 1.67. The summed E-state index contributed by atoms with van der Waals surface area (Å²) in [4.78, 5) is 0. The number of hydrogen-bond acceptors (Lipinski definition) is 2. The van der Waals surface area contributed by atoms with E-state index in [9.17, 15) is 0 Å². The van der Waals surface area contributed by atoms with Crippen molar-refractivity contribution in [1.82, 2.24) is 5.32 Å². The minimum atomic E-state index is -0.0605. The molecule has 0 saturated heterocycles. The molecular formula is C20H24N2OS. The number of benzene rings is 2. The van der Waals surface area contributed by atoms with E-state index in [2.05, 4.69) is 41.8 Å². The summed E-state index contributed by atoms with van der Waals surface area (Å²) in [6.07, 6.45) is 4.66. The molecule has 126 valence electrons. The Hall–Kier alpha value is -2.07. The second kappa shape index (κ2) is 7.22. The predicted molar refractivity (Wildman–Crippen MR) is 104 cm³/mol. The highest BCUT2D eigenvalue weighted by Gasteiger charge is 2.36. The van der Waals surface area contributed by atoms with Gasteiger partial charge in [-0.25, -0.2) is 0 Å². The summed E-state index contributed by atoms with van der Waals surface area (Å²) < 4.78 is 5.27. The van der Waals surface area contributed by atoms with Crippen molar-refractivity contribution in [1.29, 1.82) is 0 Å². The Morgan fingerprint density at radius 2 is 1.83 bits per heavy atom. The number of nitrogens with one attached hydrogen (secondary N) is 2. The standard InChI is InChI=1S/C20H24N2OS/c1-15-7-5-8-16(13-15)20(11-3-4-12-20)22-19(24)21-17-9-6-10-18(14-17)23-2/h5-10,13-14H,3-4,11-12H2,1-2H3,(H2,21,22,24). The molecule has 1 aliphatic carbocycles. The van der Waals surface area contributed by atoms with Crippen LogP contribution >= 0.6 is 12.2 Å². The molecule has 1 aliphatic rings. The fourth-order valence-corrected chi connectivity index (χ4v) is 3.80. The van der Waals surface area contributed by atoms with Crippen molar-refractivity contribution >= 4 is 23.0 Å². The van der Waals surface area contributed by atoms with Crippen molar-refractivity contribution < 1.29 is 4.74 Å². The van der Waals surface area contributed by atoms with Crippen LogP contribution in [0.5, 0.6) is 5.75 Å². The third kappa shape index (κ3) is 3.70. The van der Waals surface area contributed by atoms with Crippen molar-refractivity contribution in [2.24, 2.45) is 0 Å². The number of ether oxygens (including phenoxy) is 1. The Morgan fingerprint density at radius 3 is 2.54 bits per heavy atom. The summed E-state index contributed by atoms with van der Waals surface area (Å²) in [5.41, 5.74) is 3.49. The van der Waals surface area contributed by atoms with Crippen LogP contribution in [-0.4, -0.2) is 12.2 Å². The molecule has 0 bridgehead atoms. The number of methoxy groups -OCH3 is 1. The minimum Gasteiger partial charge on any atom is -0.497 e. The van der Waals surface area contributed by atoms with Gasteiger partial charge < -0.3 is 15.4 Å². The second-order valence-electron chi connectivity index (χ2n) is 6.47. The molecule has 0 spiro atoms. The third-order valence-corrected chi connectivity index (χ3v) is 4.91. The quantitative estimate of drug-likeness (QED) is 0.786. The van der Waals surface area contributed by atoms with E-state index < -0.39 is 0 Å². The maximum absolute atomic E-state index is 5.59. The van der Waals surface area contributed by atoms with Crippen LogP contribution in [-0.2, 0) is 5.54 Å². The van der Waals surface area contributed by atoms with Crippen LogP contribution in [0.25, 0.3) is 0 Å². The van der Waals surface area contributed by atoms with Crippen LogP contribution < -0.4 is 15.4 Å². The van der Waals surface area contributed by atoms with E-state index >= 15 is 0 Å². The van der Waals surface area contributed by atoms with Gasteiger partial charge in [0, 0.05) is 11.8 Å². The molecule has 0 unspecified atom stereocenters. The summed E-state index contributed by atoms with van der Waals surface area (Å²) in [5.74, 6) is 0.817. The van der Waals surface area contributed by atoms with Gasteiger partial charge in [-0.1, -0.05) is 48.7 Å². The zero-order valence-electron chi connectivity index (χ0n) is 14.3. The Labute approximate surface area is 149 Å². The van der Waals surface area contributed by atoms with Crippen LogP contribution in [0.4, 0.5) is 5.69 Å². The van der Waals surface area contributed by atoms with Crippen molar-refractivity contribution in [2.45, 2.75) is 38.1 Å². The van der Waals surface area contributed by atoms with Gasteiger partial charge in [0.25, 0.3) is 0 Å². The van der Waals surface area contributed by atoms with Gasteiger partial charge >= 0.3 is 0 Å². The third-order valence-electron chi connectivity index (χ3n) is 4.71. The average Bonchev–Trinajstić information content (AvgIpc) is 3.04. The Balaban J connectivity index is 1.77. The van der Waals surface area contributed by atoms with E-state index in [-0.39, 0.29) is 5.54 Å². The molecule has 3 nitrogen and oxygen atoms in total. The van der Waals surface area contributed by atoms with Crippen LogP contribution in [0.1, 0.15) is 36.8 Å². The topological polar surface area (TPSA) is 33.3 Å². The maximum Gasteiger partial charge on any atom is 0.171 e. The van der Waals surface area contributed by atoms with E-state index in [0.29, 0.717) is 5.11 Å². The smallest absolute Gasteiger partial charge is 0.171 e. The van der Waals surface area contributed by atoms with Crippen molar-refractivity contribution in [3.63, 3.8) is 0 Å². The lowest BCUT2D eigenvalue weighted by molar-refractivity contribution is 0.408. The van der Waals surface area contributed by atoms with Gasteiger partial charge in [-0.15, -0.1) is 0 Å². The van der Waals surface area contributed by atoms with E-state index in [1.165, 1.54) is 24.0 Å². The summed E-state index contributed by atoms with van der Waals surface area (Å²) in [5, 5.41) is 7.55. The zero-order valence-corrected chi connectivity index (χ0v) is 15.1. The largest absolute Gasteiger partial charge is 0.497 e. The molecule has 4 heteroatoms. The second-order valence-corrected chi connectivity index (χ2v) is 6.88. The average molecular weight is 340 g/mol. The summed E-state index contributed by atoms with van der Waals surface area (Å²) in [6.45, 7) is 2.14. The van der Waals surface area contributed by atoms with E-state index in [1.807, 2.05) is 24.3 Å². The molecule has 0 amide bonds. The number of rotatable bonds is 4. The highest BCUT2D eigenvalue weighted by atomic mass is 32.1. The van der Waals surface area contributed by atoms with Crippen LogP contribution in [0.3, 0.4) is 0 Å². The lowest BCUT2D eigenvalue weighted by Gasteiger charge is -2.33. The highest BCUT2D eigenvalue weighted by Crippen LogP contribution is 2.39. The van der Waals surface area contributed by atoms with Crippen molar-refractivity contribution in [2.75, 3.05) is 12.4 Å². The van der Waals surface area contributed by atoms with Crippen LogP contribution in [0.15, 0.2) is 48.5 Å². The van der Waals surface area contributed by atoms with E-state index in [1.54, 1.807) is 7.11 Å². The first kappa shape index (κ1) is 16.8. The van der Waals surface area contributed by atoms with Gasteiger partial charge in [0.05, 0.1) is 12.6 Å². The van der Waals surface area contributed by atoms with Crippen molar-refractivity contribution in [3.8, 4) is 5.75 Å². The fourth-order valence-electron chi connectivity index (χ4n) is 3.49. The molecule has 3 rings (SSSR count). The molecular weight excluding hydrogens is 316 g/mol. The molecule has 1 saturated carbocycles. The number of anilines is 1. The number of hydrogen-bond donors (Lipinski definition) is 2. The summed E-state index contributed by atoms with van der Waals surface area (Å²) >= 11 is 5.59. The predicted octanol–water partition coefficient (Wildman–Crippen LogP) is 4.76. The first-order valence-electron chi connectivity index (χ1n) is 8.42. The first-order valence-corrected chi connectivity index (χ1v) is 8.82. The number of thiocarbonyl (C=S) groups is 1. The molecule has 24 heavy (non-hydrogen) atoms. The molecule has 0 heterocycles. The Morgan fingerprint density at radius 1 is 1.08 bits per heavy atom. The molecule has 0 aliphatic heterocycles. The van der Waals surface area contributed by atoms with E-state index in [0.717, 1.165) is 24.3 Å². The molecule has 0 aromatic heterocycles. The molecule has 0 atom stereocenters. The fraction of sp³-hybridized carbons (Fsp3) is 0.350. The van der Waals surface area contributed by atoms with Gasteiger partial charge in [-0.05, 0) is 49.7 Å². The van der Waals surface area contributed by atoms with Gasteiger partial charge in [0.2, 0.25) is 0 Å². The molecule has 0 radical (unpaired) electrons. The lowest BCUT2D eigenvalue weighted by atomic mass is 9.87. The lowest BCUT2D eigenvalue weighted by Crippen LogP contribution is -2.45. The Kier molecular flexibility index (Phi) is 5.05. The zero-order chi connectivity index (χ0) is 17.0. The molecule has 1 fully saturated rings. The first-order chi connectivity index (χ1) is 11.6. The van der Waals surface area contributed by atoms with Gasteiger partial charge in [0.15, 0.2) is 5.11 Å². The Bertz CT molecular complexity index is 723. The van der Waals surface area contributed by atoms with Crippen molar-refractivity contribution in [3.05, 3.63) is 59.7 Å². The van der Waals surface area contributed by atoms with Gasteiger partial charge in [0.1, 0.15) is 5.75 Å². The molecule has 2 N–H and O–H groups in total. The highest BCUT2D eigenvalue weighted by molar-refractivity contribution is 7.80. The maximum atomic E-state index is 5.59. The van der Waals surface area contributed by atoms with Gasteiger partial charge in [-0.3, -0.25) is 0 Å². The van der Waals surface area contributed by atoms with Gasteiger partial charge in [-0.2, -0.15) is 0 Å². The number of aryl methyl sites for hydroxylation is 1. The molecule has 2 aromatic carbocycles.